The summed E-state index contributed by atoms with van der Waals surface area (Å²) in [4.78, 5) is 28.1. The predicted molar refractivity (Wildman–Crippen MR) is 147 cm³/mol. The van der Waals surface area contributed by atoms with Crippen molar-refractivity contribution in [3.63, 3.8) is 0 Å². The van der Waals surface area contributed by atoms with Gasteiger partial charge in [0, 0.05) is 28.2 Å². The Balaban J connectivity index is 1.57. The molecule has 0 spiro atoms. The molecule has 2 amide bonds. The lowest BCUT2D eigenvalue weighted by Gasteiger charge is -2.22. The van der Waals surface area contributed by atoms with E-state index in [4.69, 9.17) is 5.10 Å². The van der Waals surface area contributed by atoms with Gasteiger partial charge in [0.1, 0.15) is 12.4 Å². The van der Waals surface area contributed by atoms with Crippen LogP contribution in [0.15, 0.2) is 95.5 Å². The Hall–Kier alpha value is -3.71. The summed E-state index contributed by atoms with van der Waals surface area (Å²) in [6.07, 6.45) is 2.87. The SMILES string of the molecule is CCCCCN(CC(=O)Nc1cc(-c2ccccc2)nn1-c1ccccc1)C(=O)c1ccc(Br)cc1. The van der Waals surface area contributed by atoms with Crippen LogP contribution in [0.25, 0.3) is 16.9 Å². The van der Waals surface area contributed by atoms with E-state index in [9.17, 15) is 9.59 Å². The second-order valence-electron chi connectivity index (χ2n) is 8.52. The van der Waals surface area contributed by atoms with Crippen molar-refractivity contribution in [2.45, 2.75) is 26.2 Å². The number of nitrogens with zero attached hydrogens (tertiary/aromatic N) is 3. The zero-order chi connectivity index (χ0) is 25.3. The zero-order valence-corrected chi connectivity index (χ0v) is 21.8. The van der Waals surface area contributed by atoms with E-state index in [1.165, 1.54) is 0 Å². The number of hydrogen-bond acceptors (Lipinski definition) is 3. The van der Waals surface area contributed by atoms with Gasteiger partial charge in [0.05, 0.1) is 11.4 Å². The monoisotopic (exact) mass is 544 g/mol. The highest BCUT2D eigenvalue weighted by Gasteiger charge is 2.20. The largest absolute Gasteiger partial charge is 0.329 e. The third-order valence-electron chi connectivity index (χ3n) is 5.79. The van der Waals surface area contributed by atoms with Gasteiger partial charge in [-0.1, -0.05) is 84.2 Å². The fourth-order valence-electron chi connectivity index (χ4n) is 3.92. The Morgan fingerprint density at radius 2 is 1.58 bits per heavy atom. The Kier molecular flexibility index (Phi) is 8.68. The molecule has 6 nitrogen and oxygen atoms in total. The minimum Gasteiger partial charge on any atom is -0.329 e. The number of carbonyl (C=O) groups excluding carboxylic acids is 2. The fraction of sp³-hybridized carbons (Fsp3) is 0.207. The maximum absolute atomic E-state index is 13.2. The molecule has 36 heavy (non-hydrogen) atoms. The molecule has 3 aromatic carbocycles. The lowest BCUT2D eigenvalue weighted by atomic mass is 10.1. The van der Waals surface area contributed by atoms with E-state index in [2.05, 4.69) is 28.2 Å². The summed E-state index contributed by atoms with van der Waals surface area (Å²) in [5.41, 5.74) is 3.10. The van der Waals surface area contributed by atoms with E-state index in [0.717, 1.165) is 40.7 Å². The number of anilines is 1. The van der Waals surface area contributed by atoms with Gasteiger partial charge in [-0.15, -0.1) is 0 Å². The highest BCUT2D eigenvalue weighted by molar-refractivity contribution is 9.10. The Labute approximate surface area is 220 Å². The molecule has 0 unspecified atom stereocenters. The van der Waals surface area contributed by atoms with Crippen molar-refractivity contribution in [1.29, 1.82) is 0 Å². The molecule has 0 fully saturated rings. The van der Waals surface area contributed by atoms with E-state index in [-0.39, 0.29) is 18.4 Å². The number of amides is 2. The second kappa shape index (κ2) is 12.3. The van der Waals surface area contributed by atoms with Crippen LogP contribution in [0.5, 0.6) is 0 Å². The van der Waals surface area contributed by atoms with Gasteiger partial charge in [0.15, 0.2) is 0 Å². The van der Waals surface area contributed by atoms with Crippen molar-refractivity contribution >= 4 is 33.6 Å². The van der Waals surface area contributed by atoms with Gasteiger partial charge >= 0.3 is 0 Å². The Morgan fingerprint density at radius 1 is 0.917 bits per heavy atom. The number of halogens is 1. The van der Waals surface area contributed by atoms with E-state index < -0.39 is 0 Å². The van der Waals surface area contributed by atoms with E-state index in [1.54, 1.807) is 21.7 Å². The third-order valence-corrected chi connectivity index (χ3v) is 6.32. The first-order valence-corrected chi connectivity index (χ1v) is 12.9. The molecule has 7 heteroatoms. The number of hydrogen-bond donors (Lipinski definition) is 1. The smallest absolute Gasteiger partial charge is 0.254 e. The quantitative estimate of drug-likeness (QED) is 0.229. The van der Waals surface area contributed by atoms with Crippen LogP contribution in [0.4, 0.5) is 5.82 Å². The second-order valence-corrected chi connectivity index (χ2v) is 9.43. The van der Waals surface area contributed by atoms with Crippen LogP contribution < -0.4 is 5.32 Å². The number of carbonyl (C=O) groups is 2. The van der Waals surface area contributed by atoms with Gasteiger partial charge in [0.25, 0.3) is 5.91 Å². The number of para-hydroxylation sites is 1. The van der Waals surface area contributed by atoms with Crippen LogP contribution in [-0.4, -0.2) is 39.6 Å². The minimum atomic E-state index is -0.270. The summed E-state index contributed by atoms with van der Waals surface area (Å²) in [6, 6.07) is 28.6. The molecule has 0 saturated heterocycles. The van der Waals surface area contributed by atoms with Gasteiger partial charge in [-0.2, -0.15) is 5.10 Å². The van der Waals surface area contributed by atoms with Crippen LogP contribution in [0.1, 0.15) is 36.5 Å². The van der Waals surface area contributed by atoms with Gasteiger partial charge in [0.2, 0.25) is 5.91 Å². The molecule has 4 rings (SSSR count). The standard InChI is InChI=1S/C29H29BrN4O2/c1-2-3-10-19-33(29(36)23-15-17-24(30)18-16-23)21-28(35)31-27-20-26(22-11-6-4-7-12-22)32-34(27)25-13-8-5-9-14-25/h4-9,11-18,20H,2-3,10,19,21H2,1H3,(H,31,35). The number of unbranched alkanes of at least 4 members (excludes halogenated alkanes) is 2. The van der Waals surface area contributed by atoms with Gasteiger partial charge in [-0.3, -0.25) is 9.59 Å². The molecular weight excluding hydrogens is 516 g/mol. The van der Waals surface area contributed by atoms with Gasteiger partial charge in [-0.25, -0.2) is 4.68 Å². The van der Waals surface area contributed by atoms with E-state index >= 15 is 0 Å². The van der Waals surface area contributed by atoms with Crippen molar-refractivity contribution < 1.29 is 9.59 Å². The average molecular weight is 545 g/mol. The number of rotatable bonds is 10. The average Bonchev–Trinajstić information content (AvgIpc) is 3.33. The first-order chi connectivity index (χ1) is 17.5. The highest BCUT2D eigenvalue weighted by Crippen LogP contribution is 2.25. The van der Waals surface area contributed by atoms with Crippen molar-refractivity contribution in [3.05, 3.63) is 101 Å². The molecule has 0 aliphatic heterocycles. The van der Waals surface area contributed by atoms with Crippen molar-refractivity contribution in [3.8, 4) is 16.9 Å². The van der Waals surface area contributed by atoms with Crippen LogP contribution in [0.3, 0.4) is 0 Å². The van der Waals surface area contributed by atoms with Crippen molar-refractivity contribution in [2.75, 3.05) is 18.4 Å². The minimum absolute atomic E-state index is 0.0424. The molecule has 1 heterocycles. The summed E-state index contributed by atoms with van der Waals surface area (Å²) in [7, 11) is 0. The summed E-state index contributed by atoms with van der Waals surface area (Å²) in [5, 5.41) is 7.75. The molecule has 4 aromatic rings. The highest BCUT2D eigenvalue weighted by atomic mass is 79.9. The lowest BCUT2D eigenvalue weighted by Crippen LogP contribution is -2.39. The molecule has 0 aliphatic carbocycles. The van der Waals surface area contributed by atoms with Gasteiger partial charge in [-0.05, 0) is 42.8 Å². The lowest BCUT2D eigenvalue weighted by molar-refractivity contribution is -0.117. The molecule has 0 aliphatic rings. The van der Waals surface area contributed by atoms with E-state index in [1.807, 2.05) is 78.9 Å². The number of nitrogens with one attached hydrogen (secondary N) is 1. The van der Waals surface area contributed by atoms with E-state index in [0.29, 0.717) is 17.9 Å². The van der Waals surface area contributed by atoms with Crippen LogP contribution in [0, 0.1) is 0 Å². The molecule has 0 bridgehead atoms. The number of aromatic nitrogens is 2. The molecule has 0 radical (unpaired) electrons. The number of benzene rings is 3. The summed E-state index contributed by atoms with van der Waals surface area (Å²) in [6.45, 7) is 2.59. The first kappa shape index (κ1) is 25.4. The Morgan fingerprint density at radius 3 is 2.25 bits per heavy atom. The Bertz CT molecular complexity index is 1290. The summed E-state index contributed by atoms with van der Waals surface area (Å²) >= 11 is 3.41. The summed E-state index contributed by atoms with van der Waals surface area (Å²) < 4.78 is 2.62. The van der Waals surface area contributed by atoms with Crippen molar-refractivity contribution in [1.82, 2.24) is 14.7 Å². The predicted octanol–water partition coefficient (Wildman–Crippen LogP) is 6.57. The molecule has 1 N–H and O–H groups in total. The van der Waals surface area contributed by atoms with Gasteiger partial charge < -0.3 is 10.2 Å². The molecule has 184 valence electrons. The molecule has 0 saturated carbocycles. The maximum Gasteiger partial charge on any atom is 0.254 e. The summed E-state index contributed by atoms with van der Waals surface area (Å²) in [5.74, 6) is 0.124. The first-order valence-electron chi connectivity index (χ1n) is 12.1. The van der Waals surface area contributed by atoms with Crippen LogP contribution in [0.2, 0.25) is 0 Å². The maximum atomic E-state index is 13.2. The molecule has 1 aromatic heterocycles. The topological polar surface area (TPSA) is 67.2 Å². The molecular formula is C29H29BrN4O2. The van der Waals surface area contributed by atoms with Crippen LogP contribution in [-0.2, 0) is 4.79 Å². The molecule has 0 atom stereocenters. The van der Waals surface area contributed by atoms with Crippen molar-refractivity contribution in [2.24, 2.45) is 0 Å². The third kappa shape index (κ3) is 6.49. The van der Waals surface area contributed by atoms with Crippen LogP contribution >= 0.6 is 15.9 Å². The normalized spacial score (nSPS) is 10.7. The zero-order valence-electron chi connectivity index (χ0n) is 20.2. The fourth-order valence-corrected chi connectivity index (χ4v) is 4.19.